The van der Waals surface area contributed by atoms with Crippen LogP contribution in [0.3, 0.4) is 0 Å². The van der Waals surface area contributed by atoms with Gasteiger partial charge < -0.3 is 9.53 Å². The molecule has 0 heterocycles. The molecule has 2 bridgehead atoms. The predicted molar refractivity (Wildman–Crippen MR) is 108 cm³/mol. The summed E-state index contributed by atoms with van der Waals surface area (Å²) in [5, 5.41) is 11.3. The van der Waals surface area contributed by atoms with Crippen molar-refractivity contribution in [3.8, 4) is 0 Å². The molecule has 1 spiro atoms. The molecule has 1 N–H and O–H groups in total. The molecule has 0 aromatic carbocycles. The van der Waals surface area contributed by atoms with Crippen LogP contribution in [0.2, 0.25) is 18.1 Å². The van der Waals surface area contributed by atoms with Crippen molar-refractivity contribution in [3.63, 3.8) is 0 Å². The van der Waals surface area contributed by atoms with Crippen molar-refractivity contribution in [2.75, 3.05) is 6.61 Å². The minimum atomic E-state index is -1.79. The first kappa shape index (κ1) is 19.6. The van der Waals surface area contributed by atoms with Crippen LogP contribution in [0.15, 0.2) is 12.2 Å². The molecule has 144 valence electrons. The molecular formula is C22H40O2Si. The molecule has 4 atom stereocenters. The Hall–Kier alpha value is -0.123. The van der Waals surface area contributed by atoms with Crippen molar-refractivity contribution in [1.82, 2.24) is 0 Å². The first-order valence-electron chi connectivity index (χ1n) is 10.5. The molecule has 4 rings (SSSR count). The smallest absolute Gasteiger partial charge is 0.192 e. The number of hydrogen-bond donors (Lipinski definition) is 1. The van der Waals surface area contributed by atoms with Crippen LogP contribution in [-0.4, -0.2) is 26.1 Å². The minimum Gasteiger partial charge on any atom is -0.416 e. The zero-order valence-electron chi connectivity index (χ0n) is 17.5. The molecule has 0 amide bonds. The Bertz CT molecular complexity index is 549. The van der Waals surface area contributed by atoms with E-state index < -0.39 is 8.32 Å². The lowest BCUT2D eigenvalue weighted by Gasteiger charge is -2.70. The number of rotatable bonds is 6. The van der Waals surface area contributed by atoms with Crippen LogP contribution in [0, 0.1) is 16.2 Å². The largest absolute Gasteiger partial charge is 0.416 e. The van der Waals surface area contributed by atoms with Crippen LogP contribution in [0.5, 0.6) is 0 Å². The van der Waals surface area contributed by atoms with Crippen LogP contribution < -0.4 is 0 Å². The van der Waals surface area contributed by atoms with Gasteiger partial charge in [0.15, 0.2) is 8.32 Å². The third kappa shape index (κ3) is 2.27. The molecule has 4 saturated carbocycles. The van der Waals surface area contributed by atoms with E-state index in [1.165, 1.54) is 44.1 Å². The van der Waals surface area contributed by atoms with Crippen molar-refractivity contribution >= 4 is 8.32 Å². The number of hydrogen-bond acceptors (Lipinski definition) is 2. The van der Waals surface area contributed by atoms with Crippen molar-refractivity contribution in [3.05, 3.63) is 12.2 Å². The minimum absolute atomic E-state index is 0.0403. The highest BCUT2D eigenvalue weighted by Gasteiger charge is 2.82. The molecule has 4 fully saturated rings. The maximum absolute atomic E-state index is 11.1. The fraction of sp³-hybridized carbons (Fsp3) is 0.909. The molecule has 0 aliphatic heterocycles. The lowest BCUT2D eigenvalue weighted by Crippen LogP contribution is -2.67. The van der Waals surface area contributed by atoms with Crippen molar-refractivity contribution in [2.45, 2.75) is 103 Å². The Morgan fingerprint density at radius 3 is 2.48 bits per heavy atom. The fourth-order valence-electron chi connectivity index (χ4n) is 6.39. The summed E-state index contributed by atoms with van der Waals surface area (Å²) in [4.78, 5) is 0. The summed E-state index contributed by atoms with van der Waals surface area (Å²) in [5.74, 6) is 0. The molecule has 0 saturated heterocycles. The van der Waals surface area contributed by atoms with Crippen LogP contribution in [0.4, 0.5) is 0 Å². The van der Waals surface area contributed by atoms with Gasteiger partial charge in [0.05, 0.1) is 6.10 Å². The summed E-state index contributed by atoms with van der Waals surface area (Å²) >= 11 is 0. The van der Waals surface area contributed by atoms with Gasteiger partial charge in [0.1, 0.15) is 0 Å². The standard InChI is InChI=1S/C22H40O2Si/c1-8-9-12-20-15-18(23)22(17(20)2)14-11-10-13-21(20,22)16-24-25(6,7)19(3,4)5/h18,23H,2,8-16H2,1,3-7H3/t18-,20?,21+,22?/m0/s1. The van der Waals surface area contributed by atoms with E-state index in [1.54, 1.807) is 0 Å². The van der Waals surface area contributed by atoms with Gasteiger partial charge in [-0.05, 0) is 43.8 Å². The van der Waals surface area contributed by atoms with Crippen molar-refractivity contribution < 1.29 is 9.53 Å². The van der Waals surface area contributed by atoms with E-state index in [0.717, 1.165) is 19.4 Å². The maximum atomic E-state index is 11.1. The molecule has 0 aromatic heterocycles. The average molecular weight is 365 g/mol. The second-order valence-corrected chi connectivity index (χ2v) is 15.5. The van der Waals surface area contributed by atoms with E-state index in [1.807, 2.05) is 0 Å². The van der Waals surface area contributed by atoms with Gasteiger partial charge in [0.2, 0.25) is 0 Å². The van der Waals surface area contributed by atoms with Gasteiger partial charge in [-0.15, -0.1) is 0 Å². The highest BCUT2D eigenvalue weighted by atomic mass is 28.4. The zero-order valence-corrected chi connectivity index (χ0v) is 18.5. The summed E-state index contributed by atoms with van der Waals surface area (Å²) in [6.07, 6.45) is 9.28. The van der Waals surface area contributed by atoms with Crippen molar-refractivity contribution in [1.29, 1.82) is 0 Å². The summed E-state index contributed by atoms with van der Waals surface area (Å²) in [5.41, 5.74) is 1.64. The van der Waals surface area contributed by atoms with Gasteiger partial charge in [0.25, 0.3) is 0 Å². The first-order valence-corrected chi connectivity index (χ1v) is 13.4. The monoisotopic (exact) mass is 364 g/mol. The van der Waals surface area contributed by atoms with Crippen LogP contribution in [0.25, 0.3) is 0 Å². The third-order valence-electron chi connectivity index (χ3n) is 8.86. The second-order valence-electron chi connectivity index (χ2n) is 10.7. The molecule has 2 nitrogen and oxygen atoms in total. The predicted octanol–water partition coefficient (Wildman–Crippen LogP) is 6.07. The second kappa shape index (κ2) is 5.94. The molecule has 0 aromatic rings. The summed E-state index contributed by atoms with van der Waals surface area (Å²) in [6.45, 7) is 19.4. The van der Waals surface area contributed by atoms with E-state index in [0.29, 0.717) is 0 Å². The van der Waals surface area contributed by atoms with Gasteiger partial charge in [-0.1, -0.05) is 65.5 Å². The van der Waals surface area contributed by atoms with Gasteiger partial charge in [0, 0.05) is 22.9 Å². The molecule has 25 heavy (non-hydrogen) atoms. The topological polar surface area (TPSA) is 29.5 Å². The number of fused-ring (bicyclic) bond motifs is 1. The van der Waals surface area contributed by atoms with E-state index in [4.69, 9.17) is 4.43 Å². The Labute approximate surface area is 156 Å². The Kier molecular flexibility index (Phi) is 4.66. The molecule has 4 aliphatic rings. The van der Waals surface area contributed by atoms with E-state index in [-0.39, 0.29) is 27.4 Å². The van der Waals surface area contributed by atoms with Gasteiger partial charge in [-0.2, -0.15) is 0 Å². The number of unbranched alkanes of at least 4 members (excludes halogenated alkanes) is 1. The highest BCUT2D eigenvalue weighted by molar-refractivity contribution is 6.74. The zero-order chi connectivity index (χ0) is 18.7. The first-order chi connectivity index (χ1) is 11.5. The molecule has 2 unspecified atom stereocenters. The summed E-state index contributed by atoms with van der Waals surface area (Å²) < 4.78 is 6.82. The summed E-state index contributed by atoms with van der Waals surface area (Å²) in [6, 6.07) is 0. The van der Waals surface area contributed by atoms with Crippen molar-refractivity contribution in [2.24, 2.45) is 16.2 Å². The molecular weight excluding hydrogens is 324 g/mol. The fourth-order valence-corrected chi connectivity index (χ4v) is 7.43. The van der Waals surface area contributed by atoms with Crippen LogP contribution >= 0.6 is 0 Å². The van der Waals surface area contributed by atoms with Gasteiger partial charge in [-0.3, -0.25) is 0 Å². The van der Waals surface area contributed by atoms with Gasteiger partial charge >= 0.3 is 0 Å². The lowest BCUT2D eigenvalue weighted by atomic mass is 9.34. The maximum Gasteiger partial charge on any atom is 0.192 e. The Balaban J connectivity index is 1.94. The van der Waals surface area contributed by atoms with E-state index >= 15 is 0 Å². The Morgan fingerprint density at radius 1 is 1.24 bits per heavy atom. The lowest BCUT2D eigenvalue weighted by molar-refractivity contribution is -0.166. The average Bonchev–Trinajstić information content (AvgIpc) is 2.90. The van der Waals surface area contributed by atoms with Gasteiger partial charge in [-0.25, -0.2) is 0 Å². The van der Waals surface area contributed by atoms with Crippen LogP contribution in [-0.2, 0) is 4.43 Å². The normalized spacial score (nSPS) is 40.8. The number of aliphatic hydroxyl groups excluding tert-OH is 1. The third-order valence-corrected chi connectivity index (χ3v) is 13.3. The highest BCUT2D eigenvalue weighted by Crippen LogP contribution is 2.85. The molecule has 3 heteroatoms. The van der Waals surface area contributed by atoms with Crippen LogP contribution in [0.1, 0.15) is 79.1 Å². The Morgan fingerprint density at radius 2 is 1.88 bits per heavy atom. The SMILES string of the molecule is C=C1C2(CCCC)C[C@H](O)C13CCCC[C@@]23CO[Si](C)(C)C(C)(C)C. The quantitative estimate of drug-likeness (QED) is 0.458. The van der Waals surface area contributed by atoms with E-state index in [2.05, 4.69) is 47.4 Å². The molecule has 0 radical (unpaired) electrons. The number of aliphatic hydroxyl groups is 1. The van der Waals surface area contributed by atoms with E-state index in [9.17, 15) is 5.11 Å². The molecule has 4 aliphatic carbocycles. The summed E-state index contributed by atoms with van der Waals surface area (Å²) in [7, 11) is -1.79.